The number of alkyl halides is 3. The second-order valence-corrected chi connectivity index (χ2v) is 10.9. The highest BCUT2D eigenvalue weighted by Gasteiger charge is 2.32. The summed E-state index contributed by atoms with van der Waals surface area (Å²) in [5.74, 6) is 0.218. The fourth-order valence-electron chi connectivity index (χ4n) is 5.26. The van der Waals surface area contributed by atoms with Crippen molar-refractivity contribution in [2.75, 3.05) is 23.3 Å². The molecule has 1 aromatic heterocycles. The lowest BCUT2D eigenvalue weighted by molar-refractivity contribution is -0.274. The van der Waals surface area contributed by atoms with Crippen LogP contribution >= 0.6 is 22.6 Å². The predicted octanol–water partition coefficient (Wildman–Crippen LogP) is 6.83. The van der Waals surface area contributed by atoms with E-state index in [4.69, 9.17) is 4.42 Å². The number of piperidine rings is 1. The number of nitrogens with zero attached hydrogens (tertiary/aromatic N) is 2. The van der Waals surface area contributed by atoms with Gasteiger partial charge in [0.2, 0.25) is 0 Å². The first-order chi connectivity index (χ1) is 17.8. The zero-order valence-corrected chi connectivity index (χ0v) is 22.5. The van der Waals surface area contributed by atoms with Crippen molar-refractivity contribution in [3.63, 3.8) is 0 Å². The smallest absolute Gasteiger partial charge is 0.424 e. The van der Waals surface area contributed by atoms with E-state index in [1.807, 2.05) is 0 Å². The lowest BCUT2D eigenvalue weighted by Crippen LogP contribution is -2.54. The Balaban J connectivity index is 1.20. The Labute approximate surface area is 228 Å². The van der Waals surface area contributed by atoms with Gasteiger partial charge in [-0.3, -0.25) is 0 Å². The number of hydrogen-bond donors (Lipinski definition) is 2. The van der Waals surface area contributed by atoms with Crippen molar-refractivity contribution in [1.82, 2.24) is 10.3 Å². The Kier molecular flexibility index (Phi) is 8.13. The summed E-state index contributed by atoms with van der Waals surface area (Å²) in [6.07, 6.45) is 3.62. The van der Waals surface area contributed by atoms with Gasteiger partial charge in [0.1, 0.15) is 5.75 Å². The fraction of sp³-hybridized carbons (Fsp3) is 0.444. The van der Waals surface area contributed by atoms with Gasteiger partial charge in [-0.2, -0.15) is 0 Å². The molecule has 0 spiro atoms. The number of oxazole rings is 1. The van der Waals surface area contributed by atoms with Gasteiger partial charge in [0.15, 0.2) is 5.76 Å². The number of ether oxygens (including phenoxy) is 1. The maximum Gasteiger partial charge on any atom is 0.573 e. The molecule has 2 N–H and O–H groups in total. The molecule has 1 aliphatic carbocycles. The summed E-state index contributed by atoms with van der Waals surface area (Å²) in [5, 5.41) is 7.40. The van der Waals surface area contributed by atoms with Crippen molar-refractivity contribution in [2.24, 2.45) is 0 Å². The van der Waals surface area contributed by atoms with E-state index in [0.717, 1.165) is 45.2 Å². The van der Waals surface area contributed by atoms with Crippen LogP contribution in [0.2, 0.25) is 0 Å². The molecule has 1 saturated heterocycles. The number of halogens is 4. The quantitative estimate of drug-likeness (QED) is 0.281. The summed E-state index contributed by atoms with van der Waals surface area (Å²) in [7, 11) is 0. The molecular weight excluding hydrogens is 596 g/mol. The van der Waals surface area contributed by atoms with Gasteiger partial charge in [-0.1, -0.05) is 12.8 Å². The zero-order chi connectivity index (χ0) is 25.8. The molecule has 0 bridgehead atoms. The van der Waals surface area contributed by atoms with Crippen LogP contribution < -0.4 is 20.3 Å². The van der Waals surface area contributed by atoms with Gasteiger partial charge >= 0.3 is 6.36 Å². The van der Waals surface area contributed by atoms with Crippen molar-refractivity contribution < 1.29 is 22.3 Å². The maximum absolute atomic E-state index is 12.4. The van der Waals surface area contributed by atoms with Gasteiger partial charge in [0, 0.05) is 46.0 Å². The Morgan fingerprint density at radius 3 is 2.41 bits per heavy atom. The number of aromatic nitrogens is 1. The Morgan fingerprint density at radius 2 is 1.68 bits per heavy atom. The van der Waals surface area contributed by atoms with E-state index in [9.17, 15) is 13.2 Å². The normalized spacial score (nSPS) is 22.6. The molecule has 1 aliphatic heterocycles. The second-order valence-electron chi connectivity index (χ2n) is 9.67. The molecule has 6 nitrogen and oxygen atoms in total. The number of benzene rings is 2. The van der Waals surface area contributed by atoms with E-state index < -0.39 is 6.36 Å². The summed E-state index contributed by atoms with van der Waals surface area (Å²) in [6, 6.07) is 15.6. The first-order valence-electron chi connectivity index (χ1n) is 12.7. The molecule has 10 heteroatoms. The van der Waals surface area contributed by atoms with Crippen molar-refractivity contribution in [3.05, 3.63) is 58.3 Å². The molecule has 198 valence electrons. The third kappa shape index (κ3) is 7.10. The molecular formula is C27H30F3IN4O2. The van der Waals surface area contributed by atoms with Crippen LogP contribution in [0.15, 0.2) is 59.1 Å². The predicted molar refractivity (Wildman–Crippen MR) is 146 cm³/mol. The minimum atomic E-state index is -4.72. The molecule has 0 unspecified atom stereocenters. The Morgan fingerprint density at radius 1 is 0.946 bits per heavy atom. The highest BCUT2D eigenvalue weighted by Crippen LogP contribution is 2.30. The Bertz CT molecular complexity index is 1150. The van der Waals surface area contributed by atoms with Gasteiger partial charge in [0.05, 0.1) is 6.20 Å². The van der Waals surface area contributed by atoms with Crippen LogP contribution in [0.5, 0.6) is 5.75 Å². The third-order valence-corrected chi connectivity index (χ3v) is 7.74. The number of nitrogens with one attached hydrogen (secondary N) is 2. The number of anilines is 2. The fourth-order valence-corrected chi connectivity index (χ4v) is 5.62. The first kappa shape index (κ1) is 26.1. The molecule has 2 aromatic carbocycles. The molecule has 0 radical (unpaired) electrons. The standard InChI is InChI=1S/C27H30F3IN4O2/c28-27(29,30)37-22-13-7-18(8-14-22)25-16-32-26(36-25)34-24-6-2-1-5-23(24)33-20-4-3-15-35(17-20)21-11-9-19(31)10-12-21/h7-14,16,20,23-24,33H,1-6,15,17H2,(H,32,34)/t20-,23+,24+/m0/s1. The van der Waals surface area contributed by atoms with Gasteiger partial charge in [-0.05, 0) is 96.8 Å². The lowest BCUT2D eigenvalue weighted by Gasteiger charge is -2.40. The molecule has 2 fully saturated rings. The molecule has 37 heavy (non-hydrogen) atoms. The first-order valence-corrected chi connectivity index (χ1v) is 13.8. The summed E-state index contributed by atoms with van der Waals surface area (Å²) in [5.41, 5.74) is 1.90. The van der Waals surface area contributed by atoms with E-state index in [-0.39, 0.29) is 11.8 Å². The van der Waals surface area contributed by atoms with E-state index in [1.54, 1.807) is 6.20 Å². The van der Waals surface area contributed by atoms with Crippen LogP contribution in [0.3, 0.4) is 0 Å². The average Bonchev–Trinajstić information content (AvgIpc) is 3.34. The molecule has 2 aliphatic rings. The minimum Gasteiger partial charge on any atom is -0.424 e. The molecule has 3 atom stereocenters. The van der Waals surface area contributed by atoms with Crippen LogP contribution in [-0.4, -0.2) is 42.6 Å². The number of hydrogen-bond acceptors (Lipinski definition) is 6. The van der Waals surface area contributed by atoms with Crippen LogP contribution in [-0.2, 0) is 0 Å². The highest BCUT2D eigenvalue weighted by atomic mass is 127. The topological polar surface area (TPSA) is 62.6 Å². The maximum atomic E-state index is 12.4. The molecule has 0 amide bonds. The molecule has 3 aromatic rings. The highest BCUT2D eigenvalue weighted by molar-refractivity contribution is 14.1. The van der Waals surface area contributed by atoms with Crippen molar-refractivity contribution >= 4 is 34.3 Å². The van der Waals surface area contributed by atoms with E-state index in [1.165, 1.54) is 39.9 Å². The summed E-state index contributed by atoms with van der Waals surface area (Å²) >= 11 is 2.34. The number of rotatable bonds is 7. The van der Waals surface area contributed by atoms with Crippen molar-refractivity contribution in [1.29, 1.82) is 0 Å². The largest absolute Gasteiger partial charge is 0.573 e. The van der Waals surface area contributed by atoms with Crippen molar-refractivity contribution in [3.8, 4) is 17.1 Å². The van der Waals surface area contributed by atoms with Gasteiger partial charge in [0.25, 0.3) is 6.01 Å². The van der Waals surface area contributed by atoms with Crippen LogP contribution in [0.25, 0.3) is 11.3 Å². The summed E-state index contributed by atoms with van der Waals surface area (Å²) in [4.78, 5) is 6.85. The van der Waals surface area contributed by atoms with Gasteiger partial charge in [-0.15, -0.1) is 13.2 Å². The monoisotopic (exact) mass is 626 g/mol. The van der Waals surface area contributed by atoms with Crippen molar-refractivity contribution in [2.45, 2.75) is 63.0 Å². The summed E-state index contributed by atoms with van der Waals surface area (Å²) in [6.45, 7) is 2.06. The molecule has 2 heterocycles. The van der Waals surface area contributed by atoms with E-state index >= 15 is 0 Å². The van der Waals surface area contributed by atoms with Gasteiger partial charge < -0.3 is 24.7 Å². The van der Waals surface area contributed by atoms with E-state index in [2.05, 4.69) is 72.1 Å². The van der Waals surface area contributed by atoms with Crippen LogP contribution in [0.4, 0.5) is 24.9 Å². The SMILES string of the molecule is FC(F)(F)Oc1ccc(-c2cnc(N[C@@H]3CCCC[C@H]3N[C@H]3CCCN(c4ccc(I)cc4)C3)o2)cc1. The van der Waals surface area contributed by atoms with Crippen LogP contribution in [0.1, 0.15) is 38.5 Å². The average molecular weight is 626 g/mol. The summed E-state index contributed by atoms with van der Waals surface area (Å²) < 4.78 is 48.3. The molecule has 5 rings (SSSR count). The lowest BCUT2D eigenvalue weighted by atomic mass is 9.89. The third-order valence-electron chi connectivity index (χ3n) is 7.02. The van der Waals surface area contributed by atoms with E-state index in [0.29, 0.717) is 29.4 Å². The molecule has 1 saturated carbocycles. The minimum absolute atomic E-state index is 0.191. The van der Waals surface area contributed by atoms with Crippen LogP contribution in [0, 0.1) is 3.57 Å². The zero-order valence-electron chi connectivity index (χ0n) is 20.3. The second kappa shape index (κ2) is 11.5. The Hall–Kier alpha value is -2.47. The van der Waals surface area contributed by atoms with Gasteiger partial charge in [-0.25, -0.2) is 4.98 Å².